The molecule has 0 atom stereocenters. The van der Waals surface area contributed by atoms with Crippen LogP contribution in [0, 0.1) is 5.51 Å². The maximum Gasteiger partial charge on any atom is 0.152 e. The van der Waals surface area contributed by atoms with Crippen LogP contribution in [0.25, 0.3) is 0 Å². The molecule has 8 heavy (non-hydrogen) atoms. The van der Waals surface area contributed by atoms with E-state index in [0.717, 1.165) is 13.1 Å². The molecule has 1 aromatic rings. The predicted octanol–water partition coefficient (Wildman–Crippen LogP) is 0.546. The average molecular weight is 125 g/mol. The maximum absolute atomic E-state index is 4.03. The first kappa shape index (κ1) is 4.47. The minimum Gasteiger partial charge on any atom is -0.306 e. The summed E-state index contributed by atoms with van der Waals surface area (Å²) in [4.78, 5) is 5.38. The molecule has 0 fully saturated rings. The zero-order valence-corrected chi connectivity index (χ0v) is 5.09. The lowest BCUT2D eigenvalue weighted by Gasteiger charge is -1.80. The van der Waals surface area contributed by atoms with Crippen molar-refractivity contribution in [2.45, 2.75) is 13.1 Å². The van der Waals surface area contributed by atoms with Crippen LogP contribution in [0.5, 0.6) is 0 Å². The third kappa shape index (κ3) is 0.485. The Labute approximate surface area is 51.6 Å². The molecule has 2 nitrogen and oxygen atoms in total. The van der Waals surface area contributed by atoms with Crippen molar-refractivity contribution in [2.24, 2.45) is 0 Å². The number of fused-ring (bicyclic) bond motifs is 1. The Kier molecular flexibility index (Phi) is 0.856. The Bertz CT molecular complexity index is 176. The number of aromatic nitrogens is 1. The molecule has 0 unspecified atom stereocenters. The van der Waals surface area contributed by atoms with Crippen LogP contribution >= 0.6 is 11.3 Å². The van der Waals surface area contributed by atoms with Crippen LogP contribution < -0.4 is 5.32 Å². The van der Waals surface area contributed by atoms with E-state index in [2.05, 4.69) is 15.8 Å². The van der Waals surface area contributed by atoms with Crippen molar-refractivity contribution in [2.75, 3.05) is 0 Å². The minimum atomic E-state index is 0.940. The van der Waals surface area contributed by atoms with Crippen LogP contribution in [0.2, 0.25) is 0 Å². The Morgan fingerprint density at radius 1 is 1.62 bits per heavy atom. The highest BCUT2D eigenvalue weighted by atomic mass is 32.1. The highest BCUT2D eigenvalue weighted by Gasteiger charge is 2.11. The van der Waals surface area contributed by atoms with Gasteiger partial charge in [-0.05, 0) is 0 Å². The van der Waals surface area contributed by atoms with Crippen molar-refractivity contribution in [1.82, 2.24) is 10.3 Å². The molecule has 1 aromatic heterocycles. The molecule has 0 saturated heterocycles. The number of hydrogen-bond acceptors (Lipinski definition) is 3. The largest absolute Gasteiger partial charge is 0.306 e. The van der Waals surface area contributed by atoms with Crippen LogP contribution in [0.15, 0.2) is 0 Å². The molecule has 0 aliphatic carbocycles. The molecule has 41 valence electrons. The van der Waals surface area contributed by atoms with Crippen molar-refractivity contribution in [3.05, 3.63) is 16.1 Å². The third-order valence-electron chi connectivity index (χ3n) is 1.25. The number of nitrogens with zero attached hydrogens (tertiary/aromatic N) is 1. The van der Waals surface area contributed by atoms with Gasteiger partial charge in [0.2, 0.25) is 0 Å². The first-order valence-electron chi connectivity index (χ1n) is 2.52. The van der Waals surface area contributed by atoms with Crippen molar-refractivity contribution >= 4 is 11.3 Å². The lowest BCUT2D eigenvalue weighted by Crippen LogP contribution is -2.00. The van der Waals surface area contributed by atoms with E-state index in [1.165, 1.54) is 10.6 Å². The SMILES string of the molecule is [c]1nc2c(s1)CNC2. The van der Waals surface area contributed by atoms with Gasteiger partial charge in [-0.1, -0.05) is 0 Å². The van der Waals surface area contributed by atoms with E-state index >= 15 is 0 Å². The van der Waals surface area contributed by atoms with E-state index in [4.69, 9.17) is 0 Å². The first-order chi connectivity index (χ1) is 3.97. The fourth-order valence-corrected chi connectivity index (χ4v) is 1.50. The molecule has 0 saturated carbocycles. The van der Waals surface area contributed by atoms with Gasteiger partial charge >= 0.3 is 0 Å². The number of nitrogens with one attached hydrogen (secondary N) is 1. The van der Waals surface area contributed by atoms with Gasteiger partial charge in [0.25, 0.3) is 0 Å². The van der Waals surface area contributed by atoms with Crippen LogP contribution in [-0.2, 0) is 13.1 Å². The number of hydrogen-bond donors (Lipinski definition) is 1. The van der Waals surface area contributed by atoms with Gasteiger partial charge < -0.3 is 5.32 Å². The zero-order valence-electron chi connectivity index (χ0n) is 4.27. The van der Waals surface area contributed by atoms with E-state index in [0.29, 0.717) is 0 Å². The Morgan fingerprint density at radius 2 is 2.62 bits per heavy atom. The normalized spacial score (nSPS) is 16.5. The molecule has 0 amide bonds. The van der Waals surface area contributed by atoms with Crippen molar-refractivity contribution < 1.29 is 0 Å². The van der Waals surface area contributed by atoms with E-state index in [9.17, 15) is 0 Å². The predicted molar refractivity (Wildman–Crippen MR) is 31.5 cm³/mol. The van der Waals surface area contributed by atoms with E-state index in [1.807, 2.05) is 0 Å². The topological polar surface area (TPSA) is 24.9 Å². The standard InChI is InChI=1S/C5H5N2S/c1-4-5(2-6-1)8-3-7-4/h6H,1-2H2. The smallest absolute Gasteiger partial charge is 0.152 e. The average Bonchev–Trinajstić information content (AvgIpc) is 2.15. The Morgan fingerprint density at radius 3 is 3.50 bits per heavy atom. The minimum absolute atomic E-state index is 0.940. The molecule has 0 bridgehead atoms. The van der Waals surface area contributed by atoms with Gasteiger partial charge in [-0.2, -0.15) is 0 Å². The van der Waals surface area contributed by atoms with Crippen LogP contribution in [0.4, 0.5) is 0 Å². The second kappa shape index (κ2) is 1.53. The van der Waals surface area contributed by atoms with Crippen LogP contribution in [-0.4, -0.2) is 4.98 Å². The van der Waals surface area contributed by atoms with Gasteiger partial charge in [0, 0.05) is 18.0 Å². The second-order valence-corrected chi connectivity index (χ2v) is 2.66. The molecule has 2 rings (SSSR count). The monoisotopic (exact) mass is 125 g/mol. The summed E-state index contributed by atoms with van der Waals surface area (Å²) in [6.45, 7) is 1.94. The van der Waals surface area contributed by atoms with Gasteiger partial charge in [0.05, 0.1) is 5.69 Å². The Balaban J connectivity index is 2.54. The first-order valence-corrected chi connectivity index (χ1v) is 3.34. The summed E-state index contributed by atoms with van der Waals surface area (Å²) in [6.07, 6.45) is 0. The van der Waals surface area contributed by atoms with Gasteiger partial charge in [0.1, 0.15) is 0 Å². The molecule has 1 radical (unpaired) electrons. The third-order valence-corrected chi connectivity index (χ3v) is 2.06. The van der Waals surface area contributed by atoms with Gasteiger partial charge in [-0.15, -0.1) is 11.3 Å². The fraction of sp³-hybridized carbons (Fsp3) is 0.400. The van der Waals surface area contributed by atoms with Gasteiger partial charge in [-0.25, -0.2) is 4.98 Å². The Hall–Kier alpha value is -0.410. The van der Waals surface area contributed by atoms with Crippen molar-refractivity contribution in [3.63, 3.8) is 0 Å². The van der Waals surface area contributed by atoms with Crippen molar-refractivity contribution in [1.29, 1.82) is 0 Å². The highest BCUT2D eigenvalue weighted by molar-refractivity contribution is 7.09. The molecule has 3 heteroatoms. The number of rotatable bonds is 0. The summed E-state index contributed by atoms with van der Waals surface area (Å²) in [7, 11) is 0. The highest BCUT2D eigenvalue weighted by Crippen LogP contribution is 2.16. The summed E-state index contributed by atoms with van der Waals surface area (Å²) in [5.41, 5.74) is 4.04. The second-order valence-electron chi connectivity index (χ2n) is 1.78. The molecule has 1 N–H and O–H groups in total. The lowest BCUT2D eigenvalue weighted by atomic mass is 10.4. The molecule has 1 aliphatic rings. The summed E-state index contributed by atoms with van der Waals surface area (Å²) >= 11 is 1.61. The van der Waals surface area contributed by atoms with E-state index in [-0.39, 0.29) is 0 Å². The molecule has 2 heterocycles. The molecular weight excluding hydrogens is 120 g/mol. The molecule has 1 aliphatic heterocycles. The summed E-state index contributed by atoms with van der Waals surface area (Å²) < 4.78 is 0. The summed E-state index contributed by atoms with van der Waals surface area (Å²) in [6, 6.07) is 0. The number of thiazole rings is 1. The van der Waals surface area contributed by atoms with E-state index < -0.39 is 0 Å². The van der Waals surface area contributed by atoms with Crippen LogP contribution in [0.3, 0.4) is 0 Å². The molecular formula is C5H5N2S. The van der Waals surface area contributed by atoms with Gasteiger partial charge in [-0.3, -0.25) is 0 Å². The fourth-order valence-electron chi connectivity index (χ4n) is 0.825. The quantitative estimate of drug-likeness (QED) is 0.547. The lowest BCUT2D eigenvalue weighted by molar-refractivity contribution is 0.758. The van der Waals surface area contributed by atoms with Crippen molar-refractivity contribution in [3.8, 4) is 0 Å². The summed E-state index contributed by atoms with van der Waals surface area (Å²) in [5.74, 6) is 0. The molecule has 0 spiro atoms. The maximum atomic E-state index is 4.03. The van der Waals surface area contributed by atoms with Gasteiger partial charge in [0.15, 0.2) is 5.51 Å². The van der Waals surface area contributed by atoms with Crippen LogP contribution in [0.1, 0.15) is 10.6 Å². The molecule has 0 aromatic carbocycles. The zero-order chi connectivity index (χ0) is 5.40. The summed E-state index contributed by atoms with van der Waals surface area (Å²) in [5, 5.41) is 3.20. The van der Waals surface area contributed by atoms with E-state index in [1.54, 1.807) is 11.3 Å².